The van der Waals surface area contributed by atoms with E-state index in [9.17, 15) is 13.6 Å². The van der Waals surface area contributed by atoms with Crippen LogP contribution in [0.4, 0.5) is 14.5 Å². The van der Waals surface area contributed by atoms with E-state index in [1.54, 1.807) is 13.1 Å². The first-order chi connectivity index (χ1) is 8.13. The van der Waals surface area contributed by atoms with Crippen molar-refractivity contribution in [3.8, 4) is 11.3 Å². The lowest BCUT2D eigenvalue weighted by atomic mass is 10.1. The normalized spacial score (nSPS) is 10.1. The lowest BCUT2D eigenvalue weighted by Crippen LogP contribution is -1.95. The minimum atomic E-state index is -0.912. The molecule has 0 atom stereocenters. The van der Waals surface area contributed by atoms with Gasteiger partial charge in [-0.1, -0.05) is 0 Å². The number of rotatable bonds is 2. The van der Waals surface area contributed by atoms with Crippen LogP contribution in [0.1, 0.15) is 0 Å². The molecule has 0 saturated heterocycles. The van der Waals surface area contributed by atoms with E-state index in [1.807, 2.05) is 0 Å². The van der Waals surface area contributed by atoms with Gasteiger partial charge in [-0.2, -0.15) is 10.1 Å². The zero-order valence-electron chi connectivity index (χ0n) is 8.82. The molecular weight excluding hydrogens is 228 g/mol. The Hall–Kier alpha value is -2.33. The van der Waals surface area contributed by atoms with Crippen LogP contribution in [-0.2, 0) is 11.8 Å². The predicted molar refractivity (Wildman–Crippen MR) is 56.3 cm³/mol. The fraction of sp³-hybridized carbons (Fsp3) is 0.0909. The van der Waals surface area contributed by atoms with Crippen molar-refractivity contribution >= 4 is 11.8 Å². The minimum absolute atomic E-state index is 0.324. The maximum absolute atomic E-state index is 13.5. The first-order valence-corrected chi connectivity index (χ1v) is 4.69. The van der Waals surface area contributed by atoms with E-state index in [0.29, 0.717) is 11.3 Å². The van der Waals surface area contributed by atoms with Crippen molar-refractivity contribution in [2.24, 2.45) is 12.0 Å². The minimum Gasteiger partial charge on any atom is -0.268 e. The number of hydrogen-bond acceptors (Lipinski definition) is 3. The second-order valence-corrected chi connectivity index (χ2v) is 3.33. The zero-order chi connectivity index (χ0) is 12.4. The third kappa shape index (κ3) is 1.98. The topological polar surface area (TPSA) is 47.2 Å². The van der Waals surface area contributed by atoms with E-state index >= 15 is 0 Å². The second-order valence-electron chi connectivity index (χ2n) is 3.33. The van der Waals surface area contributed by atoms with Crippen molar-refractivity contribution in [1.82, 2.24) is 9.78 Å². The van der Waals surface area contributed by atoms with Gasteiger partial charge in [0, 0.05) is 18.8 Å². The van der Waals surface area contributed by atoms with Gasteiger partial charge in [0.2, 0.25) is 6.08 Å². The van der Waals surface area contributed by atoms with Gasteiger partial charge in [0.05, 0.1) is 5.69 Å². The molecule has 6 heteroatoms. The van der Waals surface area contributed by atoms with Crippen LogP contribution in [0, 0.1) is 11.6 Å². The van der Waals surface area contributed by atoms with E-state index in [4.69, 9.17) is 0 Å². The van der Waals surface area contributed by atoms with Gasteiger partial charge in [-0.3, -0.25) is 4.68 Å². The van der Waals surface area contributed by atoms with E-state index in [2.05, 4.69) is 10.1 Å². The molecule has 0 saturated carbocycles. The third-order valence-corrected chi connectivity index (χ3v) is 2.29. The van der Waals surface area contributed by atoms with Crippen molar-refractivity contribution in [2.75, 3.05) is 0 Å². The van der Waals surface area contributed by atoms with Crippen molar-refractivity contribution in [2.45, 2.75) is 0 Å². The van der Waals surface area contributed by atoms with Crippen molar-refractivity contribution in [3.63, 3.8) is 0 Å². The van der Waals surface area contributed by atoms with Crippen LogP contribution in [0.2, 0.25) is 0 Å². The summed E-state index contributed by atoms with van der Waals surface area (Å²) >= 11 is 0. The van der Waals surface area contributed by atoms with Crippen LogP contribution in [0.25, 0.3) is 11.3 Å². The van der Waals surface area contributed by atoms with Crippen LogP contribution in [0.3, 0.4) is 0 Å². The van der Waals surface area contributed by atoms with E-state index in [-0.39, 0.29) is 0 Å². The molecule has 0 aliphatic heterocycles. The summed E-state index contributed by atoms with van der Waals surface area (Å²) in [4.78, 5) is 13.0. The van der Waals surface area contributed by atoms with Crippen molar-refractivity contribution < 1.29 is 13.6 Å². The summed E-state index contributed by atoms with van der Waals surface area (Å²) in [6.45, 7) is 0. The molecule has 86 valence electrons. The molecule has 0 aliphatic rings. The Morgan fingerprint density at radius 1 is 1.35 bits per heavy atom. The van der Waals surface area contributed by atoms with Crippen molar-refractivity contribution in [1.29, 1.82) is 0 Å². The molecule has 0 radical (unpaired) electrons. The molecule has 0 N–H and O–H groups in total. The highest BCUT2D eigenvalue weighted by molar-refractivity contribution is 5.64. The van der Waals surface area contributed by atoms with Crippen LogP contribution in [0.5, 0.6) is 0 Å². The molecule has 0 unspecified atom stereocenters. The van der Waals surface area contributed by atoms with E-state index in [1.165, 1.54) is 10.9 Å². The Morgan fingerprint density at radius 3 is 2.47 bits per heavy atom. The van der Waals surface area contributed by atoms with Crippen LogP contribution in [-0.4, -0.2) is 15.9 Å². The first-order valence-electron chi connectivity index (χ1n) is 4.69. The zero-order valence-corrected chi connectivity index (χ0v) is 8.82. The number of carbonyl (C=O) groups excluding carboxylic acids is 1. The Balaban J connectivity index is 2.60. The summed E-state index contributed by atoms with van der Waals surface area (Å²) in [6.07, 6.45) is 2.63. The summed E-state index contributed by atoms with van der Waals surface area (Å²) in [6, 6.07) is 3.81. The summed E-state index contributed by atoms with van der Waals surface area (Å²) in [7, 11) is 1.66. The lowest BCUT2D eigenvalue weighted by molar-refractivity contribution is 0.560. The molecule has 1 aromatic carbocycles. The number of aromatic nitrogens is 2. The van der Waals surface area contributed by atoms with Gasteiger partial charge >= 0.3 is 0 Å². The fourth-order valence-electron chi connectivity index (χ4n) is 1.52. The predicted octanol–water partition coefficient (Wildman–Crippen LogP) is 2.33. The summed E-state index contributed by atoms with van der Waals surface area (Å²) in [5.74, 6) is -1.82. The molecule has 0 bridgehead atoms. The first kappa shape index (κ1) is 11.2. The van der Waals surface area contributed by atoms with Gasteiger partial charge in [-0.15, -0.1) is 0 Å². The molecule has 0 fully saturated rings. The number of isocyanates is 1. The highest BCUT2D eigenvalue weighted by Crippen LogP contribution is 2.28. The molecule has 2 rings (SSSR count). The molecule has 0 amide bonds. The number of aliphatic imine (C=N–C) groups is 1. The average molecular weight is 235 g/mol. The quantitative estimate of drug-likeness (QED) is 0.592. The molecule has 1 heterocycles. The van der Waals surface area contributed by atoms with E-state index in [0.717, 1.165) is 18.2 Å². The largest absolute Gasteiger partial charge is 0.268 e. The highest BCUT2D eigenvalue weighted by Gasteiger charge is 2.13. The summed E-state index contributed by atoms with van der Waals surface area (Å²) < 4.78 is 28.4. The smallest absolute Gasteiger partial charge is 0.240 e. The number of benzene rings is 1. The average Bonchev–Trinajstić information content (AvgIpc) is 2.69. The van der Waals surface area contributed by atoms with Gasteiger partial charge in [0.1, 0.15) is 5.69 Å². The molecule has 17 heavy (non-hydrogen) atoms. The number of aryl methyl sites for hydroxylation is 1. The number of halogens is 2. The van der Waals surface area contributed by atoms with Gasteiger partial charge in [0.25, 0.3) is 0 Å². The monoisotopic (exact) mass is 235 g/mol. The van der Waals surface area contributed by atoms with Crippen molar-refractivity contribution in [3.05, 3.63) is 36.0 Å². The number of nitrogens with zero attached hydrogens (tertiary/aromatic N) is 3. The molecule has 1 aromatic heterocycles. The van der Waals surface area contributed by atoms with Crippen LogP contribution < -0.4 is 0 Å². The molecule has 2 aromatic rings. The Kier molecular flexibility index (Phi) is 2.80. The number of hydrogen-bond donors (Lipinski definition) is 0. The Labute approximate surface area is 95.2 Å². The molecule has 0 spiro atoms. The summed E-state index contributed by atoms with van der Waals surface area (Å²) in [5, 5.41) is 3.90. The Morgan fingerprint density at radius 2 is 2.00 bits per heavy atom. The lowest BCUT2D eigenvalue weighted by Gasteiger charge is -2.04. The highest BCUT2D eigenvalue weighted by atomic mass is 19.1. The summed E-state index contributed by atoms with van der Waals surface area (Å²) in [5.41, 5.74) is 0.250. The fourth-order valence-corrected chi connectivity index (χ4v) is 1.52. The van der Waals surface area contributed by atoms with E-state index < -0.39 is 17.3 Å². The third-order valence-electron chi connectivity index (χ3n) is 2.29. The van der Waals surface area contributed by atoms with Gasteiger partial charge < -0.3 is 0 Å². The van der Waals surface area contributed by atoms with Crippen LogP contribution >= 0.6 is 0 Å². The standard InChI is InChI=1S/C11H7F2N3O/c1-16-10(2-3-15-16)7-4-8(12)11(14-6-17)9(13)5-7/h2-5H,1H3. The van der Waals surface area contributed by atoms with Gasteiger partial charge in [0.15, 0.2) is 11.6 Å². The molecule has 0 aliphatic carbocycles. The van der Waals surface area contributed by atoms with Crippen LogP contribution in [0.15, 0.2) is 29.4 Å². The van der Waals surface area contributed by atoms with Gasteiger partial charge in [-0.05, 0) is 18.2 Å². The van der Waals surface area contributed by atoms with Gasteiger partial charge in [-0.25, -0.2) is 13.6 Å². The molecular formula is C11H7F2N3O. The second kappa shape index (κ2) is 4.27. The Bertz CT molecular complexity index is 592. The SMILES string of the molecule is Cn1nccc1-c1cc(F)c(N=C=O)c(F)c1. The molecule has 4 nitrogen and oxygen atoms in total. The maximum Gasteiger partial charge on any atom is 0.240 e. The maximum atomic E-state index is 13.5.